The van der Waals surface area contributed by atoms with E-state index in [1.165, 1.54) is 0 Å². The normalized spacial score (nSPS) is 6.15. The first-order valence-corrected chi connectivity index (χ1v) is 2.95. The van der Waals surface area contributed by atoms with Crippen molar-refractivity contribution in [3.8, 4) is 0 Å². The van der Waals surface area contributed by atoms with Crippen LogP contribution < -0.4 is 10.2 Å². The number of carbonyl (C=O) groups is 2. The van der Waals surface area contributed by atoms with Crippen molar-refractivity contribution >= 4 is 11.9 Å². The van der Waals surface area contributed by atoms with Gasteiger partial charge in [0.25, 0.3) is 0 Å². The number of rotatable bonds is 1. The molecular formula is C6H12MnO6. The summed E-state index contributed by atoms with van der Waals surface area (Å²) in [7, 11) is 0. The molecule has 0 rings (SSSR count). The van der Waals surface area contributed by atoms with Crippen LogP contribution in [0, 0.1) is 0 Å². The Bertz CT molecular complexity index is 93.7. The van der Waals surface area contributed by atoms with Crippen molar-refractivity contribution in [2.24, 2.45) is 0 Å². The average Bonchev–Trinajstić information content (AvgIpc) is 1.85. The summed E-state index contributed by atoms with van der Waals surface area (Å²) < 4.78 is 0. The molecule has 0 aliphatic rings. The zero-order valence-electron chi connectivity index (χ0n) is 7.32. The Labute approximate surface area is 86.7 Å². The fourth-order valence-electron chi connectivity index (χ4n) is 0. The second kappa shape index (κ2) is 22.5. The van der Waals surface area contributed by atoms with Crippen molar-refractivity contribution in [1.29, 1.82) is 0 Å². The Hall–Kier alpha value is -0.621. The van der Waals surface area contributed by atoms with Crippen molar-refractivity contribution in [2.45, 2.75) is 13.8 Å². The molecule has 1 radical (unpaired) electrons. The molecule has 0 spiro atoms. The van der Waals surface area contributed by atoms with Crippen LogP contribution in [0.2, 0.25) is 0 Å². The summed E-state index contributed by atoms with van der Waals surface area (Å²) in [5, 5.41) is 33.0. The molecule has 0 aromatic carbocycles. The van der Waals surface area contributed by atoms with Gasteiger partial charge in [0.15, 0.2) is 0 Å². The van der Waals surface area contributed by atoms with Gasteiger partial charge in [-0.1, -0.05) is 0 Å². The topological polar surface area (TPSA) is 121 Å². The second-order valence-corrected chi connectivity index (χ2v) is 1.43. The van der Waals surface area contributed by atoms with Gasteiger partial charge in [0.2, 0.25) is 0 Å². The van der Waals surface area contributed by atoms with E-state index in [9.17, 15) is 0 Å². The maximum Gasteiger partial charge on any atom is 2.00 e. The van der Waals surface area contributed by atoms with Crippen molar-refractivity contribution in [2.75, 3.05) is 13.2 Å². The summed E-state index contributed by atoms with van der Waals surface area (Å²) in [6, 6.07) is 0. The summed E-state index contributed by atoms with van der Waals surface area (Å²) in [5.41, 5.74) is 0. The van der Waals surface area contributed by atoms with E-state index in [1.54, 1.807) is 0 Å². The Morgan fingerprint density at radius 3 is 1.08 bits per heavy atom. The molecule has 6 nitrogen and oxygen atoms in total. The van der Waals surface area contributed by atoms with Crippen LogP contribution in [0.15, 0.2) is 0 Å². The number of carboxylic acid groups (broad SMARTS) is 2. The van der Waals surface area contributed by atoms with Gasteiger partial charge < -0.3 is 30.0 Å². The van der Waals surface area contributed by atoms with Crippen LogP contribution in [-0.2, 0) is 26.7 Å². The van der Waals surface area contributed by atoms with Gasteiger partial charge in [0, 0.05) is 11.9 Å². The zero-order chi connectivity index (χ0) is 10.6. The van der Waals surface area contributed by atoms with E-state index in [1.807, 2.05) is 0 Å². The smallest absolute Gasteiger partial charge is 0.550 e. The van der Waals surface area contributed by atoms with Gasteiger partial charge in [-0.2, -0.15) is 0 Å². The molecule has 2 N–H and O–H groups in total. The molecule has 0 atom stereocenters. The van der Waals surface area contributed by atoms with Crippen LogP contribution in [0.3, 0.4) is 0 Å². The van der Waals surface area contributed by atoms with Crippen molar-refractivity contribution < 1.29 is 47.1 Å². The van der Waals surface area contributed by atoms with Gasteiger partial charge in [-0.05, 0) is 13.8 Å². The monoisotopic (exact) mass is 235 g/mol. The van der Waals surface area contributed by atoms with E-state index in [0.29, 0.717) is 0 Å². The zero-order valence-corrected chi connectivity index (χ0v) is 8.50. The number of aliphatic hydroxyl groups is 2. The predicted molar refractivity (Wildman–Crippen MR) is 35.5 cm³/mol. The van der Waals surface area contributed by atoms with Gasteiger partial charge in [0.1, 0.15) is 0 Å². The van der Waals surface area contributed by atoms with Crippen LogP contribution in [0.5, 0.6) is 0 Å². The molecule has 0 aromatic heterocycles. The average molecular weight is 235 g/mol. The van der Waals surface area contributed by atoms with E-state index in [0.717, 1.165) is 13.8 Å². The van der Waals surface area contributed by atoms with Crippen LogP contribution >= 0.6 is 0 Å². The Morgan fingerprint density at radius 1 is 1.00 bits per heavy atom. The van der Waals surface area contributed by atoms with Crippen molar-refractivity contribution in [3.63, 3.8) is 0 Å². The molecule has 0 fully saturated rings. The minimum atomic E-state index is -1.08. The molecule has 0 aliphatic heterocycles. The molecule has 79 valence electrons. The number of aliphatic hydroxyl groups excluding tert-OH is 2. The van der Waals surface area contributed by atoms with E-state index >= 15 is 0 Å². The van der Waals surface area contributed by atoms with E-state index < -0.39 is 11.9 Å². The first-order valence-electron chi connectivity index (χ1n) is 2.95. The number of hydrogen-bond donors (Lipinski definition) is 2. The number of hydrogen-bond acceptors (Lipinski definition) is 6. The number of carboxylic acids is 2. The quantitative estimate of drug-likeness (QED) is 0.454. The molecule has 13 heavy (non-hydrogen) atoms. The van der Waals surface area contributed by atoms with Crippen molar-refractivity contribution in [3.05, 3.63) is 0 Å². The second-order valence-electron chi connectivity index (χ2n) is 1.43. The molecule has 0 bridgehead atoms. The van der Waals surface area contributed by atoms with Crippen LogP contribution in [-0.4, -0.2) is 35.4 Å². The molecule has 0 saturated heterocycles. The van der Waals surface area contributed by atoms with Gasteiger partial charge in [-0.25, -0.2) is 0 Å². The van der Waals surface area contributed by atoms with Gasteiger partial charge in [-0.3, -0.25) is 0 Å². The fourth-order valence-corrected chi connectivity index (χ4v) is 0. The summed E-state index contributed by atoms with van der Waals surface area (Å²) in [5.74, 6) is -2.17. The number of aliphatic carboxylic acids is 2. The van der Waals surface area contributed by atoms with E-state index in [2.05, 4.69) is 0 Å². The van der Waals surface area contributed by atoms with E-state index in [-0.39, 0.29) is 30.3 Å². The van der Waals surface area contributed by atoms with Gasteiger partial charge in [-0.15, -0.1) is 0 Å². The van der Waals surface area contributed by atoms with Gasteiger partial charge in [0.05, 0.1) is 13.2 Å². The van der Waals surface area contributed by atoms with Crippen molar-refractivity contribution in [1.82, 2.24) is 0 Å². The minimum Gasteiger partial charge on any atom is -0.550 e. The molecule has 0 aromatic rings. The molecule has 0 saturated carbocycles. The number of carbonyl (C=O) groups excluding carboxylic acids is 2. The minimum absolute atomic E-state index is 0. The first-order chi connectivity index (χ1) is 5.38. The third kappa shape index (κ3) is 6950. The molecule has 7 heteroatoms. The van der Waals surface area contributed by atoms with E-state index in [4.69, 9.17) is 30.0 Å². The molecule has 0 aliphatic carbocycles. The Morgan fingerprint density at radius 2 is 1.08 bits per heavy atom. The first kappa shape index (κ1) is 22.8. The summed E-state index contributed by atoms with van der Waals surface area (Å²) in [6.45, 7) is 1.69. The molecular weight excluding hydrogens is 223 g/mol. The maximum absolute atomic E-state index is 8.89. The maximum atomic E-state index is 8.89. The largest absolute Gasteiger partial charge is 2.00 e. The molecule has 0 heterocycles. The summed E-state index contributed by atoms with van der Waals surface area (Å²) in [4.78, 5) is 17.8. The summed E-state index contributed by atoms with van der Waals surface area (Å²) in [6.07, 6.45) is 0. The third-order valence-electron chi connectivity index (χ3n) is 0.1000. The summed E-state index contributed by atoms with van der Waals surface area (Å²) >= 11 is 0. The molecule has 0 amide bonds. The van der Waals surface area contributed by atoms with Crippen LogP contribution in [0.4, 0.5) is 0 Å². The standard InChI is InChI=1S/2C2H4O2.C2H6O2.Mn/c2*1-2(3)4;3-1-2-4;/h2*1H3,(H,3,4);3-4H,1-2H2;/q;;;+2/p-2. The van der Waals surface area contributed by atoms with Gasteiger partial charge >= 0.3 is 17.1 Å². The fraction of sp³-hybridized carbons (Fsp3) is 0.667. The van der Waals surface area contributed by atoms with Crippen LogP contribution in [0.25, 0.3) is 0 Å². The third-order valence-corrected chi connectivity index (χ3v) is 0.1000. The molecule has 0 unspecified atom stereocenters. The predicted octanol–water partition coefficient (Wildman–Crippen LogP) is -3.52. The Kier molecular flexibility index (Phi) is 39.5. The van der Waals surface area contributed by atoms with Crippen LogP contribution in [0.1, 0.15) is 13.8 Å². The SMILES string of the molecule is CC(=O)[O-].CC(=O)[O-].OCCO.[Mn+2]. The Balaban J connectivity index is -0.0000000450.